The zero-order valence-electron chi connectivity index (χ0n) is 45.6. The topological polar surface area (TPSA) is 58.2 Å². The summed E-state index contributed by atoms with van der Waals surface area (Å²) in [6, 6.07) is 63.4. The van der Waals surface area contributed by atoms with Crippen molar-refractivity contribution in [1.82, 2.24) is 0 Å². The van der Waals surface area contributed by atoms with Crippen LogP contribution in [0.1, 0.15) is 171 Å². The summed E-state index contributed by atoms with van der Waals surface area (Å²) in [4.78, 5) is 34.8. The molecular weight excluding hydrogens is 989 g/mol. The minimum atomic E-state index is -0.180. The molecule has 0 aromatic heterocycles. The quantitative estimate of drug-likeness (QED) is 0.0742. The summed E-state index contributed by atoms with van der Waals surface area (Å²) in [6.45, 7) is 4.59. The highest BCUT2D eigenvalue weighted by molar-refractivity contribution is 7.99. The summed E-state index contributed by atoms with van der Waals surface area (Å²) in [6.07, 6.45) is 21.5. The zero-order chi connectivity index (χ0) is 53.2. The minimum absolute atomic E-state index is 0.180. The first-order chi connectivity index (χ1) is 38.4. The molecule has 78 heavy (non-hydrogen) atoms. The van der Waals surface area contributed by atoms with Crippen LogP contribution in [0.2, 0.25) is 0 Å². The van der Waals surface area contributed by atoms with Gasteiger partial charge in [-0.2, -0.15) is 0 Å². The van der Waals surface area contributed by atoms with E-state index in [1.807, 2.05) is 84.9 Å². The van der Waals surface area contributed by atoms with Gasteiger partial charge in [0.1, 0.15) is 0 Å². The number of rotatable bonds is 20. The molecule has 2 fully saturated rings. The second-order valence-electron chi connectivity index (χ2n) is 22.3. The van der Waals surface area contributed by atoms with Gasteiger partial charge in [0, 0.05) is 42.1 Å². The third-order valence-electron chi connectivity index (χ3n) is 17.1. The Bertz CT molecular complexity index is 3060. The van der Waals surface area contributed by atoms with Crippen LogP contribution >= 0.6 is 23.5 Å². The van der Waals surface area contributed by atoms with E-state index in [1.165, 1.54) is 149 Å². The van der Waals surface area contributed by atoms with Crippen LogP contribution in [0.5, 0.6) is 0 Å². The molecule has 0 unspecified atom stereocenters. The summed E-state index contributed by atoms with van der Waals surface area (Å²) < 4.78 is 0. The lowest BCUT2D eigenvalue weighted by Gasteiger charge is -2.29. The third-order valence-corrected chi connectivity index (χ3v) is 19.2. The molecule has 0 saturated heterocycles. The first kappa shape index (κ1) is 53.4. The number of ketones is 2. The van der Waals surface area contributed by atoms with E-state index in [2.05, 4.69) is 122 Å². The van der Waals surface area contributed by atoms with E-state index >= 15 is 9.59 Å². The molecule has 0 amide bonds. The third kappa shape index (κ3) is 12.5. The lowest BCUT2D eigenvalue weighted by molar-refractivity contribution is 0.0976. The van der Waals surface area contributed by atoms with Gasteiger partial charge in [-0.15, -0.1) is 0 Å². The lowest BCUT2D eigenvalue weighted by atomic mass is 9.77. The van der Waals surface area contributed by atoms with Crippen LogP contribution in [-0.4, -0.2) is 11.6 Å². The maximum atomic E-state index is 15.7. The van der Waals surface area contributed by atoms with Crippen LogP contribution in [-0.2, 0) is 0 Å². The smallest absolute Gasteiger partial charge is 0.197 e. The number of hydrogen-bond acceptors (Lipinski definition) is 6. The predicted octanol–water partition coefficient (Wildman–Crippen LogP) is 21.3. The second-order valence-corrected chi connectivity index (χ2v) is 24.5. The highest BCUT2D eigenvalue weighted by Gasteiger charge is 2.38. The number of hydrogen-bond donors (Lipinski definition) is 2. The van der Waals surface area contributed by atoms with Gasteiger partial charge in [0.25, 0.3) is 0 Å². The van der Waals surface area contributed by atoms with Gasteiger partial charge in [-0.25, -0.2) is 0 Å². The van der Waals surface area contributed by atoms with Gasteiger partial charge in [-0.3, -0.25) is 9.59 Å². The van der Waals surface area contributed by atoms with Crippen molar-refractivity contribution in [1.29, 1.82) is 0 Å². The summed E-state index contributed by atoms with van der Waals surface area (Å²) in [7, 11) is 0. The molecule has 0 aliphatic heterocycles. The van der Waals surface area contributed by atoms with E-state index in [0.29, 0.717) is 45.5 Å². The molecule has 8 aromatic rings. The van der Waals surface area contributed by atoms with E-state index in [4.69, 9.17) is 0 Å². The van der Waals surface area contributed by atoms with Crippen LogP contribution in [0.4, 0.5) is 22.7 Å². The number of nitrogens with one attached hydrogen (secondary N) is 2. The van der Waals surface area contributed by atoms with Gasteiger partial charge in [0.15, 0.2) is 11.6 Å². The van der Waals surface area contributed by atoms with Crippen LogP contribution < -0.4 is 10.6 Å². The number of unbranched alkanes of at least 4 members (excludes halogenated alkanes) is 4. The highest BCUT2D eigenvalue weighted by Crippen LogP contribution is 2.48. The fourth-order valence-electron chi connectivity index (χ4n) is 12.6. The van der Waals surface area contributed by atoms with Gasteiger partial charge in [-0.1, -0.05) is 198 Å². The molecule has 2 saturated carbocycles. The van der Waals surface area contributed by atoms with E-state index in [9.17, 15) is 0 Å². The standard InChI is InChI=1S/C72H74N2O2S2/c1-3-5-9-15-49-21-25-51(26-22-49)53-29-33-55(34-30-53)57-37-41-61(42-38-57)77-65-47-45-63(73-59-17-11-7-12-18-59)67-69(65)71(75)68-64(74-60-19-13-8-14-20-60)46-48-66(70(68)72(67)76)78-62-43-39-58(40-44-62)56-35-31-54(32-36-56)52-27-23-50(24-28-52)16-10-6-4-2/h7-8,11-14,17-20,29-52,73-74H,3-6,9-10,15-16,21-28H2,1-2H3. The summed E-state index contributed by atoms with van der Waals surface area (Å²) in [5, 5.41) is 7.08. The SMILES string of the molecule is CCCCCC1CCC(c2ccc(-c3ccc(Sc4ccc(Nc5ccccc5)c5c4C(=O)c4c(Nc6ccccc6)ccc(Sc6ccc(-c7ccc(C8CCC(CCCCC)CC8)cc7)cc6)c4C5=O)cc3)cc2)CC1. The maximum Gasteiger partial charge on any atom is 0.197 e. The van der Waals surface area contributed by atoms with Crippen molar-refractivity contribution < 1.29 is 9.59 Å². The Kier molecular flexibility index (Phi) is 17.4. The molecule has 3 aliphatic rings. The fraction of sp³-hybridized carbons (Fsp3) is 0.306. The average Bonchev–Trinajstić information content (AvgIpc) is 3.68. The summed E-state index contributed by atoms with van der Waals surface area (Å²) in [5.74, 6) is 2.76. The van der Waals surface area contributed by atoms with Crippen molar-refractivity contribution in [2.24, 2.45) is 11.8 Å². The van der Waals surface area contributed by atoms with E-state index in [-0.39, 0.29) is 11.6 Å². The number of fused-ring (bicyclic) bond motifs is 2. The summed E-state index contributed by atoms with van der Waals surface area (Å²) in [5.41, 5.74) is 12.1. The van der Waals surface area contributed by atoms with E-state index < -0.39 is 0 Å². The molecule has 2 N–H and O–H groups in total. The molecule has 4 nitrogen and oxygen atoms in total. The fourth-order valence-corrected chi connectivity index (χ4v) is 14.5. The molecule has 0 atom stereocenters. The first-order valence-electron chi connectivity index (χ1n) is 29.2. The Hall–Kier alpha value is -6.60. The van der Waals surface area contributed by atoms with Crippen molar-refractivity contribution in [3.8, 4) is 22.3 Å². The lowest BCUT2D eigenvalue weighted by Crippen LogP contribution is -2.25. The van der Waals surface area contributed by atoms with Crippen LogP contribution in [0.3, 0.4) is 0 Å². The van der Waals surface area contributed by atoms with Crippen LogP contribution in [0.15, 0.2) is 202 Å². The maximum absolute atomic E-state index is 15.7. The van der Waals surface area contributed by atoms with Crippen molar-refractivity contribution in [3.63, 3.8) is 0 Å². The average molecular weight is 1060 g/mol. The van der Waals surface area contributed by atoms with Crippen LogP contribution in [0.25, 0.3) is 22.3 Å². The first-order valence-corrected chi connectivity index (χ1v) is 30.9. The molecule has 6 heteroatoms. The Labute approximate surface area is 472 Å². The van der Waals surface area contributed by atoms with Crippen molar-refractivity contribution in [2.75, 3.05) is 10.6 Å². The predicted molar refractivity (Wildman–Crippen MR) is 329 cm³/mol. The van der Waals surface area contributed by atoms with Crippen molar-refractivity contribution in [3.05, 3.63) is 215 Å². The Balaban J connectivity index is 0.857. The monoisotopic (exact) mass is 1060 g/mol. The Morgan fingerprint density at radius 2 is 0.718 bits per heavy atom. The number of carbonyl (C=O) groups excluding carboxylic acids is 2. The van der Waals surface area contributed by atoms with Gasteiger partial charge in [0.05, 0.1) is 22.5 Å². The van der Waals surface area contributed by atoms with E-state index in [1.54, 1.807) is 0 Å². The molecule has 0 spiro atoms. The van der Waals surface area contributed by atoms with Gasteiger partial charge < -0.3 is 10.6 Å². The Morgan fingerprint density at radius 1 is 0.372 bits per heavy atom. The van der Waals surface area contributed by atoms with Gasteiger partial charge in [0.2, 0.25) is 0 Å². The van der Waals surface area contributed by atoms with Gasteiger partial charge >= 0.3 is 0 Å². The Morgan fingerprint density at radius 3 is 1.06 bits per heavy atom. The number of para-hydroxylation sites is 2. The molecule has 11 rings (SSSR count). The molecule has 8 aromatic carbocycles. The molecule has 0 heterocycles. The minimum Gasteiger partial charge on any atom is -0.355 e. The number of carbonyl (C=O) groups is 2. The molecular formula is C72H74N2O2S2. The van der Waals surface area contributed by atoms with E-state index in [0.717, 1.165) is 53.9 Å². The highest BCUT2D eigenvalue weighted by atomic mass is 32.2. The number of anilines is 4. The molecule has 0 radical (unpaired) electrons. The number of benzene rings is 8. The van der Waals surface area contributed by atoms with Crippen molar-refractivity contribution >= 4 is 57.8 Å². The van der Waals surface area contributed by atoms with Crippen LogP contribution in [0, 0.1) is 11.8 Å². The molecule has 396 valence electrons. The molecule has 0 bridgehead atoms. The van der Waals surface area contributed by atoms with Crippen molar-refractivity contribution in [2.45, 2.75) is 148 Å². The molecule has 3 aliphatic carbocycles. The summed E-state index contributed by atoms with van der Waals surface area (Å²) >= 11 is 3.06. The normalized spacial score (nSPS) is 18.0. The van der Waals surface area contributed by atoms with Gasteiger partial charge in [-0.05, 0) is 181 Å². The zero-order valence-corrected chi connectivity index (χ0v) is 47.2. The largest absolute Gasteiger partial charge is 0.355 e. The second kappa shape index (κ2) is 25.5.